The number of benzene rings is 1. The van der Waals surface area contributed by atoms with Gasteiger partial charge in [-0.3, -0.25) is 5.10 Å². The molecule has 0 fully saturated rings. The predicted octanol–water partition coefficient (Wildman–Crippen LogP) is 3.70. The fourth-order valence-electron chi connectivity index (χ4n) is 2.37. The third-order valence-electron chi connectivity index (χ3n) is 3.42. The quantitative estimate of drug-likeness (QED) is 0.573. The van der Waals surface area contributed by atoms with Crippen molar-refractivity contribution in [3.8, 4) is 22.6 Å². The molecular weight excluding hydrogens is 309 g/mol. The van der Waals surface area contributed by atoms with Crippen molar-refractivity contribution in [3.63, 3.8) is 0 Å². The molecule has 0 unspecified atom stereocenters. The number of hydrogen-bond acceptors (Lipinski definition) is 4. The molecule has 0 aliphatic rings. The summed E-state index contributed by atoms with van der Waals surface area (Å²) in [6.45, 7) is 0. The monoisotopic (exact) mass is 316 g/mol. The van der Waals surface area contributed by atoms with E-state index in [0.717, 1.165) is 6.07 Å². The second-order valence-corrected chi connectivity index (χ2v) is 4.77. The molecule has 1 N–H and O–H groups in total. The number of fused-ring (bicyclic) bond motifs is 1. The zero-order valence-electron chi connectivity index (χ0n) is 11.3. The van der Waals surface area contributed by atoms with Gasteiger partial charge in [-0.1, -0.05) is 17.3 Å². The van der Waals surface area contributed by atoms with Crippen LogP contribution >= 0.6 is 0 Å². The summed E-state index contributed by atoms with van der Waals surface area (Å²) >= 11 is 0. The second-order valence-electron chi connectivity index (χ2n) is 4.77. The van der Waals surface area contributed by atoms with Crippen LogP contribution in [0.4, 0.5) is 13.2 Å². The number of aromatic amines is 1. The molecule has 8 heteroatoms. The highest BCUT2D eigenvalue weighted by Crippen LogP contribution is 2.35. The maximum atomic E-state index is 14.0. The van der Waals surface area contributed by atoms with E-state index in [-0.39, 0.29) is 22.5 Å². The Morgan fingerprint density at radius 1 is 1.00 bits per heavy atom. The van der Waals surface area contributed by atoms with Gasteiger partial charge < -0.3 is 4.52 Å². The first-order valence-corrected chi connectivity index (χ1v) is 6.55. The minimum atomic E-state index is -1.01. The number of hydrogen-bond donors (Lipinski definition) is 1. The van der Waals surface area contributed by atoms with Gasteiger partial charge in [0.05, 0.1) is 17.1 Å². The molecule has 0 aliphatic carbocycles. The highest BCUT2D eigenvalue weighted by Gasteiger charge is 2.21. The Labute approximate surface area is 126 Å². The normalized spacial score (nSPS) is 11.3. The molecule has 0 bridgehead atoms. The number of rotatable bonds is 2. The Kier molecular flexibility index (Phi) is 2.90. The minimum absolute atomic E-state index is 0.000860. The number of halogens is 3. The van der Waals surface area contributed by atoms with Gasteiger partial charge in [-0.15, -0.1) is 0 Å². The highest BCUT2D eigenvalue weighted by molar-refractivity contribution is 5.93. The fraction of sp³-hybridized carbons (Fsp3) is 0. The van der Waals surface area contributed by atoms with Crippen LogP contribution < -0.4 is 0 Å². The van der Waals surface area contributed by atoms with Crippen molar-refractivity contribution in [3.05, 3.63) is 54.1 Å². The van der Waals surface area contributed by atoms with Crippen molar-refractivity contribution in [2.75, 3.05) is 0 Å². The van der Waals surface area contributed by atoms with Crippen LogP contribution in [0.3, 0.4) is 0 Å². The van der Waals surface area contributed by atoms with E-state index in [2.05, 4.69) is 20.3 Å². The molecule has 3 heterocycles. The van der Waals surface area contributed by atoms with Crippen LogP contribution in [-0.2, 0) is 0 Å². The molecule has 114 valence electrons. The van der Waals surface area contributed by atoms with Gasteiger partial charge in [0.2, 0.25) is 5.95 Å². The molecule has 4 rings (SSSR count). The summed E-state index contributed by atoms with van der Waals surface area (Å²) in [7, 11) is 0. The van der Waals surface area contributed by atoms with Crippen molar-refractivity contribution in [2.24, 2.45) is 0 Å². The van der Waals surface area contributed by atoms with Crippen LogP contribution in [0.2, 0.25) is 0 Å². The lowest BCUT2D eigenvalue weighted by molar-refractivity contribution is 0.431. The average Bonchev–Trinajstić information content (AvgIpc) is 3.15. The minimum Gasteiger partial charge on any atom is -0.354 e. The van der Waals surface area contributed by atoms with E-state index in [1.165, 1.54) is 30.5 Å². The van der Waals surface area contributed by atoms with Gasteiger partial charge in [0.1, 0.15) is 5.69 Å². The van der Waals surface area contributed by atoms with E-state index in [1.807, 2.05) is 0 Å². The lowest BCUT2D eigenvalue weighted by Crippen LogP contribution is -1.90. The van der Waals surface area contributed by atoms with Crippen LogP contribution in [0.5, 0.6) is 0 Å². The number of nitrogens with one attached hydrogen (secondary N) is 1. The maximum Gasteiger partial charge on any atom is 0.214 e. The molecule has 4 aromatic rings. The average molecular weight is 316 g/mol. The molecule has 0 saturated carbocycles. The lowest BCUT2D eigenvalue weighted by Gasteiger charge is -2.02. The largest absolute Gasteiger partial charge is 0.354 e. The molecule has 0 atom stereocenters. The van der Waals surface area contributed by atoms with Gasteiger partial charge in [0.15, 0.2) is 23.0 Å². The first kappa shape index (κ1) is 13.5. The zero-order valence-corrected chi connectivity index (χ0v) is 11.3. The summed E-state index contributed by atoms with van der Waals surface area (Å²) in [6.07, 6.45) is 1.27. The van der Waals surface area contributed by atoms with Gasteiger partial charge in [-0.25, -0.2) is 8.78 Å². The van der Waals surface area contributed by atoms with Gasteiger partial charge in [0.25, 0.3) is 0 Å². The first-order valence-electron chi connectivity index (χ1n) is 6.55. The molecule has 0 radical (unpaired) electrons. The summed E-state index contributed by atoms with van der Waals surface area (Å²) in [5, 5.41) is 10.7. The first-order chi connectivity index (χ1) is 11.1. The van der Waals surface area contributed by atoms with Crippen LogP contribution in [0.25, 0.3) is 33.6 Å². The molecule has 0 saturated heterocycles. The third-order valence-corrected chi connectivity index (χ3v) is 3.42. The zero-order chi connectivity index (χ0) is 16.0. The molecule has 23 heavy (non-hydrogen) atoms. The van der Waals surface area contributed by atoms with Gasteiger partial charge in [0, 0.05) is 5.56 Å². The number of aromatic nitrogens is 4. The Morgan fingerprint density at radius 3 is 2.74 bits per heavy atom. The Balaban J connectivity index is 1.94. The van der Waals surface area contributed by atoms with Crippen molar-refractivity contribution < 1.29 is 17.7 Å². The summed E-state index contributed by atoms with van der Waals surface area (Å²) in [5.74, 6) is -2.51. The molecule has 3 aromatic heterocycles. The van der Waals surface area contributed by atoms with E-state index in [0.29, 0.717) is 11.1 Å². The van der Waals surface area contributed by atoms with Crippen molar-refractivity contribution in [1.29, 1.82) is 0 Å². The molecule has 0 aliphatic heterocycles. The van der Waals surface area contributed by atoms with Crippen molar-refractivity contribution >= 4 is 11.0 Å². The van der Waals surface area contributed by atoms with E-state index >= 15 is 0 Å². The number of nitrogens with zero attached hydrogens (tertiary/aromatic N) is 3. The molecule has 0 spiro atoms. The standard InChI is InChI=1S/C15H7F3N4O/c16-10-3-1-2-7(12(10)18)9-6-19-23-14(9)13-8-4-5-11(17)20-15(8)22-21-13/h1-6H,(H,20,21,22). The fourth-order valence-corrected chi connectivity index (χ4v) is 2.37. The second kappa shape index (κ2) is 4.94. The SMILES string of the molecule is Fc1ccc2c(-c3oncc3-c3cccc(F)c3F)[nH]nc2n1. The van der Waals surface area contributed by atoms with Crippen LogP contribution in [0.15, 0.2) is 41.1 Å². The van der Waals surface area contributed by atoms with Gasteiger partial charge >= 0.3 is 0 Å². The predicted molar refractivity (Wildman–Crippen MR) is 74.7 cm³/mol. The molecule has 1 aromatic carbocycles. The third kappa shape index (κ3) is 2.07. The van der Waals surface area contributed by atoms with Crippen LogP contribution in [0.1, 0.15) is 0 Å². The Morgan fingerprint density at radius 2 is 1.87 bits per heavy atom. The van der Waals surface area contributed by atoms with Crippen molar-refractivity contribution in [1.82, 2.24) is 20.3 Å². The van der Waals surface area contributed by atoms with E-state index in [9.17, 15) is 13.2 Å². The summed E-state index contributed by atoms with van der Waals surface area (Å²) in [4.78, 5) is 3.64. The Bertz CT molecular complexity index is 1020. The highest BCUT2D eigenvalue weighted by atomic mass is 19.2. The summed E-state index contributed by atoms with van der Waals surface area (Å²) in [5.41, 5.74) is 0.738. The van der Waals surface area contributed by atoms with Gasteiger partial charge in [-0.05, 0) is 18.2 Å². The topological polar surface area (TPSA) is 67.6 Å². The van der Waals surface area contributed by atoms with E-state index in [1.54, 1.807) is 0 Å². The summed E-state index contributed by atoms with van der Waals surface area (Å²) < 4.78 is 45.8. The molecule has 0 amide bonds. The summed E-state index contributed by atoms with van der Waals surface area (Å²) in [6, 6.07) is 6.44. The van der Waals surface area contributed by atoms with E-state index in [4.69, 9.17) is 4.52 Å². The Hall–Kier alpha value is -3.16. The van der Waals surface area contributed by atoms with Gasteiger partial charge in [-0.2, -0.15) is 14.5 Å². The smallest absolute Gasteiger partial charge is 0.214 e. The number of H-pyrrole nitrogens is 1. The molecular formula is C15H7F3N4O. The van der Waals surface area contributed by atoms with Crippen LogP contribution in [0, 0.1) is 17.6 Å². The number of pyridine rings is 1. The maximum absolute atomic E-state index is 14.0. The van der Waals surface area contributed by atoms with Crippen molar-refractivity contribution in [2.45, 2.75) is 0 Å². The van der Waals surface area contributed by atoms with E-state index < -0.39 is 17.6 Å². The lowest BCUT2D eigenvalue weighted by atomic mass is 10.0. The van der Waals surface area contributed by atoms with Crippen LogP contribution in [-0.4, -0.2) is 20.3 Å². The molecule has 5 nitrogen and oxygen atoms in total.